The molecule has 0 aliphatic heterocycles. The zero-order valence-corrected chi connectivity index (χ0v) is 33.7. The van der Waals surface area contributed by atoms with E-state index >= 15 is 0 Å². The van der Waals surface area contributed by atoms with Crippen LogP contribution < -0.4 is 0 Å². The Morgan fingerprint density at radius 1 is 0.759 bits per heavy atom. The van der Waals surface area contributed by atoms with Gasteiger partial charge in [-0.1, -0.05) is 122 Å². The van der Waals surface area contributed by atoms with E-state index in [4.69, 9.17) is 11.3 Å². The first-order chi connectivity index (χ1) is 27.5. The molecule has 0 bridgehead atoms. The van der Waals surface area contributed by atoms with E-state index in [0.717, 1.165) is 22.2 Å². The van der Waals surface area contributed by atoms with Gasteiger partial charge in [-0.2, -0.15) is 0 Å². The zero-order chi connectivity index (χ0) is 41.4. The van der Waals surface area contributed by atoms with Gasteiger partial charge in [0.1, 0.15) is 0 Å². The molecule has 0 spiro atoms. The van der Waals surface area contributed by atoms with Crippen molar-refractivity contribution in [2.45, 2.75) is 66.6 Å². The summed E-state index contributed by atoms with van der Waals surface area (Å²) < 4.78 is 46.5. The average molecular weight is 889 g/mol. The second-order valence-corrected chi connectivity index (χ2v) is 14.4. The molecule has 4 aromatic heterocycles. The smallest absolute Gasteiger partial charge is 0.216 e. The van der Waals surface area contributed by atoms with Gasteiger partial charge in [0.15, 0.2) is 0 Å². The SMILES string of the molecule is Cc1cnc(-c2[c-]cc(C)c(-c3ccccc3)c2)cc1C.[2H]C([2H])([2H])c1ccc2c(n1)oc1c(-c3cc(C([2H])([2H])Cc4ccc(C(C)(C)C)cc4)ccn3)[c-]ccc12.[Ir]. The first-order valence-corrected chi connectivity index (χ1v) is 17.8. The number of aromatic nitrogens is 3. The summed E-state index contributed by atoms with van der Waals surface area (Å²) in [5, 5.41) is 1.46. The Balaban J connectivity index is 0.000000226. The molecule has 4 heterocycles. The Hall–Kier alpha value is -5.22. The van der Waals surface area contributed by atoms with Gasteiger partial charge in [-0.25, -0.2) is 4.98 Å². The van der Waals surface area contributed by atoms with Crippen molar-refractivity contribution in [3.63, 3.8) is 0 Å². The summed E-state index contributed by atoms with van der Waals surface area (Å²) in [5.41, 5.74) is 12.6. The summed E-state index contributed by atoms with van der Waals surface area (Å²) in [6.07, 6.45) is 2.12. The van der Waals surface area contributed by atoms with Crippen LogP contribution in [0.15, 0.2) is 126 Å². The Morgan fingerprint density at radius 3 is 2.30 bits per heavy atom. The minimum Gasteiger partial charge on any atom is -0.486 e. The number of fused-ring (bicyclic) bond motifs is 3. The average Bonchev–Trinajstić information content (AvgIpc) is 3.58. The van der Waals surface area contributed by atoms with Crippen molar-refractivity contribution >= 4 is 22.1 Å². The van der Waals surface area contributed by atoms with E-state index < -0.39 is 13.2 Å². The molecule has 4 nitrogen and oxygen atoms in total. The van der Waals surface area contributed by atoms with Crippen molar-refractivity contribution in [2.24, 2.45) is 0 Å². The van der Waals surface area contributed by atoms with Gasteiger partial charge < -0.3 is 14.4 Å². The summed E-state index contributed by atoms with van der Waals surface area (Å²) in [4.78, 5) is 13.2. The van der Waals surface area contributed by atoms with Crippen LogP contribution in [0.4, 0.5) is 0 Å². The predicted octanol–water partition coefficient (Wildman–Crippen LogP) is 12.4. The molecule has 1 radical (unpaired) electrons. The number of pyridine rings is 3. The quantitative estimate of drug-likeness (QED) is 0.156. The first kappa shape index (κ1) is 32.2. The van der Waals surface area contributed by atoms with Crippen molar-refractivity contribution in [3.05, 3.63) is 173 Å². The van der Waals surface area contributed by atoms with E-state index in [1.807, 2.05) is 30.5 Å². The zero-order valence-electron chi connectivity index (χ0n) is 36.3. The van der Waals surface area contributed by atoms with Crippen LogP contribution in [0.3, 0.4) is 0 Å². The van der Waals surface area contributed by atoms with Crippen molar-refractivity contribution in [3.8, 4) is 33.6 Å². The number of furan rings is 1. The van der Waals surface area contributed by atoms with Gasteiger partial charge in [0.25, 0.3) is 0 Å². The minimum absolute atomic E-state index is 0. The van der Waals surface area contributed by atoms with E-state index in [2.05, 4.69) is 123 Å². The number of hydrogen-bond acceptors (Lipinski definition) is 4. The van der Waals surface area contributed by atoms with E-state index in [1.54, 1.807) is 30.5 Å². The first-order valence-electron chi connectivity index (χ1n) is 20.3. The van der Waals surface area contributed by atoms with Crippen molar-refractivity contribution in [1.82, 2.24) is 15.0 Å². The number of hydrogen-bond donors (Lipinski definition) is 0. The number of aryl methyl sites for hydroxylation is 6. The van der Waals surface area contributed by atoms with Crippen LogP contribution in [0, 0.1) is 39.8 Å². The molecule has 0 fully saturated rings. The summed E-state index contributed by atoms with van der Waals surface area (Å²) in [6, 6.07) is 41.6. The molecule has 0 saturated heterocycles. The van der Waals surface area contributed by atoms with Gasteiger partial charge in [0, 0.05) is 50.4 Å². The minimum atomic E-state index is -2.34. The monoisotopic (exact) mass is 889 g/mol. The Morgan fingerprint density at radius 2 is 1.56 bits per heavy atom. The topological polar surface area (TPSA) is 51.8 Å². The number of benzene rings is 4. The van der Waals surface area contributed by atoms with Crippen LogP contribution in [0.2, 0.25) is 0 Å². The summed E-state index contributed by atoms with van der Waals surface area (Å²) in [6.45, 7) is 10.4. The maximum Gasteiger partial charge on any atom is 0.216 e. The van der Waals surface area contributed by atoms with Gasteiger partial charge in [-0.15, -0.1) is 47.5 Å². The molecule has 0 aliphatic carbocycles. The van der Waals surface area contributed by atoms with Crippen LogP contribution >= 0.6 is 0 Å². The largest absolute Gasteiger partial charge is 0.486 e. The van der Waals surface area contributed by atoms with Crippen LogP contribution in [0.25, 0.3) is 55.7 Å². The third-order valence-corrected chi connectivity index (χ3v) is 9.52. The molecule has 0 aliphatic rings. The molecule has 8 rings (SSSR count). The van der Waals surface area contributed by atoms with Gasteiger partial charge in [0.2, 0.25) is 5.71 Å². The van der Waals surface area contributed by atoms with Crippen LogP contribution in [-0.2, 0) is 38.3 Å². The normalized spacial score (nSPS) is 13.1. The molecule has 273 valence electrons. The van der Waals surface area contributed by atoms with E-state index in [9.17, 15) is 0 Å². The Labute approximate surface area is 340 Å². The van der Waals surface area contributed by atoms with Crippen molar-refractivity contribution in [1.29, 1.82) is 0 Å². The third kappa shape index (κ3) is 8.60. The Bertz CT molecular complexity index is 2740. The molecule has 0 N–H and O–H groups in total. The number of nitrogens with zero attached hydrogens (tertiary/aromatic N) is 3. The van der Waals surface area contributed by atoms with Gasteiger partial charge in [-0.3, -0.25) is 0 Å². The fourth-order valence-electron chi connectivity index (χ4n) is 6.23. The van der Waals surface area contributed by atoms with Crippen LogP contribution in [-0.4, -0.2) is 15.0 Å². The van der Waals surface area contributed by atoms with Crippen molar-refractivity contribution < 1.29 is 31.4 Å². The van der Waals surface area contributed by atoms with Gasteiger partial charge in [0.05, 0.1) is 5.58 Å². The molecular weight excluding hydrogens is 839 g/mol. The second-order valence-electron chi connectivity index (χ2n) is 14.4. The fraction of sp³-hybridized carbons (Fsp3) is 0.204. The van der Waals surface area contributed by atoms with Gasteiger partial charge >= 0.3 is 0 Å². The Kier molecular flexibility index (Phi) is 9.80. The molecule has 4 aromatic carbocycles. The molecule has 0 unspecified atom stereocenters. The van der Waals surface area contributed by atoms with E-state index in [1.165, 1.54) is 39.4 Å². The maximum atomic E-state index is 8.82. The van der Waals surface area contributed by atoms with E-state index in [-0.39, 0.29) is 43.3 Å². The summed E-state index contributed by atoms with van der Waals surface area (Å²) in [5.74, 6) is 0. The molecule has 0 atom stereocenters. The molecule has 0 saturated carbocycles. The molecular formula is C49H45IrN3O-2. The summed E-state index contributed by atoms with van der Waals surface area (Å²) >= 11 is 0. The van der Waals surface area contributed by atoms with Crippen molar-refractivity contribution in [2.75, 3.05) is 0 Å². The molecule has 8 aromatic rings. The van der Waals surface area contributed by atoms with E-state index in [0.29, 0.717) is 27.8 Å². The molecule has 5 heteroatoms. The third-order valence-electron chi connectivity index (χ3n) is 9.52. The standard InChI is InChI=1S/C29H27N2O.C20H18N.Ir/c1-19-8-15-24-23-6-5-7-25(27(23)32-28(24)31-19)26-18-21(16-17-30-26)10-9-20-11-13-22(14-12-20)29(2,3)4;1-14-9-10-18(20-11-15(2)16(3)13-21-20)12-19(14)17-7-5-4-6-8-17;/h5-6,8,11-18H,9-10H2,1-4H3;4-9,11-13H,1-3H3;/q2*-1;/i1D3,10D2;;. The fourth-order valence-corrected chi connectivity index (χ4v) is 6.23. The van der Waals surface area contributed by atoms with Gasteiger partial charge in [-0.05, 0) is 90.7 Å². The van der Waals surface area contributed by atoms with Crippen LogP contribution in [0.1, 0.15) is 66.7 Å². The summed E-state index contributed by atoms with van der Waals surface area (Å²) in [7, 11) is 0. The molecule has 0 amide bonds. The predicted molar refractivity (Wildman–Crippen MR) is 219 cm³/mol. The second kappa shape index (κ2) is 16.4. The number of rotatable bonds is 6. The molecule has 54 heavy (non-hydrogen) atoms. The maximum absolute atomic E-state index is 8.82. The van der Waals surface area contributed by atoms with Crippen LogP contribution in [0.5, 0.6) is 0 Å².